The van der Waals surface area contributed by atoms with E-state index in [4.69, 9.17) is 10.8 Å². The minimum Gasteiger partial charge on any atom is -0.480 e. The van der Waals surface area contributed by atoms with Gasteiger partial charge in [0.2, 0.25) is 0 Å². The van der Waals surface area contributed by atoms with Gasteiger partial charge < -0.3 is 10.8 Å². The SMILES string of the molecule is CC(N)(CCCCn1cc(C(F)(F)F)cn1)C(=O)O. The number of carboxylic acids is 1. The van der Waals surface area contributed by atoms with Crippen LogP contribution in [0.15, 0.2) is 12.4 Å². The predicted octanol–water partition coefficient (Wildman–Crippen LogP) is 1.87. The summed E-state index contributed by atoms with van der Waals surface area (Å²) in [5.74, 6) is -1.09. The Hall–Kier alpha value is -1.57. The number of halogens is 3. The van der Waals surface area contributed by atoms with Gasteiger partial charge in [0.1, 0.15) is 5.54 Å². The third kappa shape index (κ3) is 4.55. The van der Waals surface area contributed by atoms with Crippen molar-refractivity contribution in [2.24, 2.45) is 5.73 Å². The number of unbranched alkanes of at least 4 members (excludes halogenated alkanes) is 1. The van der Waals surface area contributed by atoms with Gasteiger partial charge in [0, 0.05) is 12.7 Å². The molecule has 0 aliphatic rings. The highest BCUT2D eigenvalue weighted by Gasteiger charge is 2.32. The zero-order chi connectivity index (χ0) is 14.7. The van der Waals surface area contributed by atoms with Gasteiger partial charge in [-0.3, -0.25) is 9.48 Å². The Balaban J connectivity index is 2.38. The second-order valence-electron chi connectivity index (χ2n) is 4.67. The fourth-order valence-electron chi connectivity index (χ4n) is 1.51. The monoisotopic (exact) mass is 279 g/mol. The Bertz CT molecular complexity index is 441. The van der Waals surface area contributed by atoms with Crippen molar-refractivity contribution in [3.8, 4) is 0 Å². The first kappa shape index (κ1) is 15.5. The van der Waals surface area contributed by atoms with Gasteiger partial charge in [-0.15, -0.1) is 0 Å². The van der Waals surface area contributed by atoms with E-state index in [-0.39, 0.29) is 6.42 Å². The molecule has 3 N–H and O–H groups in total. The van der Waals surface area contributed by atoms with Crippen LogP contribution in [0.4, 0.5) is 13.2 Å². The van der Waals surface area contributed by atoms with Crippen LogP contribution in [0.1, 0.15) is 31.7 Å². The molecule has 5 nitrogen and oxygen atoms in total. The highest BCUT2D eigenvalue weighted by molar-refractivity contribution is 5.77. The number of carbonyl (C=O) groups is 1. The van der Waals surface area contributed by atoms with Gasteiger partial charge in [-0.05, 0) is 26.2 Å². The van der Waals surface area contributed by atoms with Crippen molar-refractivity contribution in [2.75, 3.05) is 0 Å². The van der Waals surface area contributed by atoms with Crippen molar-refractivity contribution in [3.63, 3.8) is 0 Å². The molecule has 0 saturated heterocycles. The summed E-state index contributed by atoms with van der Waals surface area (Å²) in [5.41, 5.74) is 3.44. The van der Waals surface area contributed by atoms with Crippen LogP contribution in [-0.4, -0.2) is 26.4 Å². The molecule has 108 valence electrons. The van der Waals surface area contributed by atoms with E-state index in [1.165, 1.54) is 11.6 Å². The summed E-state index contributed by atoms with van der Waals surface area (Å²) in [4.78, 5) is 10.7. The minimum absolute atomic E-state index is 0.260. The summed E-state index contributed by atoms with van der Waals surface area (Å²) >= 11 is 0. The lowest BCUT2D eigenvalue weighted by molar-refractivity contribution is -0.143. The zero-order valence-corrected chi connectivity index (χ0v) is 10.4. The summed E-state index contributed by atoms with van der Waals surface area (Å²) in [6.07, 6.45) is -1.42. The van der Waals surface area contributed by atoms with Crippen molar-refractivity contribution >= 4 is 5.97 Å². The lowest BCUT2D eigenvalue weighted by Gasteiger charge is -2.18. The van der Waals surface area contributed by atoms with Crippen LogP contribution in [0.25, 0.3) is 0 Å². The molecule has 19 heavy (non-hydrogen) atoms. The van der Waals surface area contributed by atoms with Gasteiger partial charge in [-0.2, -0.15) is 18.3 Å². The highest BCUT2D eigenvalue weighted by Crippen LogP contribution is 2.28. The molecule has 0 radical (unpaired) electrons. The van der Waals surface area contributed by atoms with E-state index in [1.54, 1.807) is 0 Å². The van der Waals surface area contributed by atoms with Crippen LogP contribution < -0.4 is 5.73 Å². The summed E-state index contributed by atoms with van der Waals surface area (Å²) in [6, 6.07) is 0. The first-order chi connectivity index (χ1) is 8.63. The molecule has 8 heteroatoms. The molecule has 0 aliphatic carbocycles. The van der Waals surface area contributed by atoms with E-state index in [2.05, 4.69) is 5.10 Å². The standard InChI is InChI=1S/C11H16F3N3O2/c1-10(15,9(18)19)4-2-3-5-17-7-8(6-16-17)11(12,13)14/h6-7H,2-5,15H2,1H3,(H,18,19). The summed E-state index contributed by atoms with van der Waals surface area (Å²) in [5, 5.41) is 12.4. The largest absolute Gasteiger partial charge is 0.480 e. The van der Waals surface area contributed by atoms with Crippen LogP contribution in [0.2, 0.25) is 0 Å². The quantitative estimate of drug-likeness (QED) is 0.779. The van der Waals surface area contributed by atoms with E-state index in [1.807, 2.05) is 0 Å². The van der Waals surface area contributed by atoms with Crippen LogP contribution in [-0.2, 0) is 17.5 Å². The summed E-state index contributed by atoms with van der Waals surface area (Å²) in [6.45, 7) is 1.71. The molecule has 1 unspecified atom stereocenters. The van der Waals surface area contributed by atoms with Crippen molar-refractivity contribution < 1.29 is 23.1 Å². The van der Waals surface area contributed by atoms with E-state index >= 15 is 0 Å². The van der Waals surface area contributed by atoms with Gasteiger partial charge >= 0.3 is 12.1 Å². The van der Waals surface area contributed by atoms with Gasteiger partial charge in [0.05, 0.1) is 11.8 Å². The van der Waals surface area contributed by atoms with Crippen LogP contribution in [0.3, 0.4) is 0 Å². The number of hydrogen-bond donors (Lipinski definition) is 2. The number of carboxylic acid groups (broad SMARTS) is 1. The fourth-order valence-corrected chi connectivity index (χ4v) is 1.51. The van der Waals surface area contributed by atoms with Crippen LogP contribution in [0.5, 0.6) is 0 Å². The van der Waals surface area contributed by atoms with Crippen molar-refractivity contribution in [1.82, 2.24) is 9.78 Å². The Kier molecular flexibility index (Phi) is 4.56. The zero-order valence-electron chi connectivity index (χ0n) is 10.4. The van der Waals surface area contributed by atoms with E-state index in [9.17, 15) is 18.0 Å². The number of nitrogens with zero attached hydrogens (tertiary/aromatic N) is 2. The van der Waals surface area contributed by atoms with Crippen molar-refractivity contribution in [2.45, 2.75) is 44.4 Å². The first-order valence-corrected chi connectivity index (χ1v) is 5.75. The molecule has 0 fully saturated rings. The molecule has 1 aromatic heterocycles. The number of aromatic nitrogens is 2. The molecule has 0 aromatic carbocycles. The van der Waals surface area contributed by atoms with Gasteiger partial charge in [0.25, 0.3) is 0 Å². The third-order valence-corrected chi connectivity index (χ3v) is 2.78. The van der Waals surface area contributed by atoms with Gasteiger partial charge in [-0.25, -0.2) is 0 Å². The number of rotatable bonds is 6. The second kappa shape index (κ2) is 5.60. The Morgan fingerprint density at radius 1 is 1.47 bits per heavy atom. The minimum atomic E-state index is -4.39. The fraction of sp³-hybridized carbons (Fsp3) is 0.636. The summed E-state index contributed by atoms with van der Waals surface area (Å²) < 4.78 is 38.1. The molecule has 0 aliphatic heterocycles. The van der Waals surface area contributed by atoms with Crippen molar-refractivity contribution in [3.05, 3.63) is 18.0 Å². The lowest BCUT2D eigenvalue weighted by atomic mass is 9.96. The number of alkyl halides is 3. The maximum Gasteiger partial charge on any atom is 0.419 e. The maximum absolute atomic E-state index is 12.3. The van der Waals surface area contributed by atoms with Gasteiger partial charge in [-0.1, -0.05) is 0 Å². The van der Waals surface area contributed by atoms with Gasteiger partial charge in [0.15, 0.2) is 0 Å². The van der Waals surface area contributed by atoms with E-state index in [0.29, 0.717) is 19.4 Å². The Morgan fingerprint density at radius 3 is 2.58 bits per heavy atom. The first-order valence-electron chi connectivity index (χ1n) is 5.75. The maximum atomic E-state index is 12.3. The molecule has 0 saturated carbocycles. The lowest BCUT2D eigenvalue weighted by Crippen LogP contribution is -2.44. The molecule has 1 atom stereocenters. The smallest absolute Gasteiger partial charge is 0.419 e. The normalized spacial score (nSPS) is 15.2. The van der Waals surface area contributed by atoms with Crippen LogP contribution in [0, 0.1) is 0 Å². The number of aryl methyl sites for hydroxylation is 1. The highest BCUT2D eigenvalue weighted by atomic mass is 19.4. The predicted molar refractivity (Wildman–Crippen MR) is 61.3 cm³/mol. The molecular weight excluding hydrogens is 263 g/mol. The van der Waals surface area contributed by atoms with E-state index < -0.39 is 23.2 Å². The average Bonchev–Trinajstić information content (AvgIpc) is 2.72. The second-order valence-corrected chi connectivity index (χ2v) is 4.67. The van der Waals surface area contributed by atoms with E-state index in [0.717, 1.165) is 12.4 Å². The van der Waals surface area contributed by atoms with Crippen LogP contribution >= 0.6 is 0 Å². The molecule has 0 spiro atoms. The molecule has 1 rings (SSSR count). The Labute approximate surface area is 108 Å². The topological polar surface area (TPSA) is 81.1 Å². The molecule has 0 amide bonds. The summed E-state index contributed by atoms with van der Waals surface area (Å²) in [7, 11) is 0. The molecule has 1 aromatic rings. The average molecular weight is 279 g/mol. The molecule has 0 bridgehead atoms. The number of aliphatic carboxylic acids is 1. The Morgan fingerprint density at radius 2 is 2.11 bits per heavy atom. The molecular formula is C11H16F3N3O2. The molecule has 1 heterocycles. The number of hydrogen-bond acceptors (Lipinski definition) is 3. The third-order valence-electron chi connectivity index (χ3n) is 2.78. The number of nitrogens with two attached hydrogens (primary N) is 1. The van der Waals surface area contributed by atoms with Crippen molar-refractivity contribution in [1.29, 1.82) is 0 Å².